The summed E-state index contributed by atoms with van der Waals surface area (Å²) in [6, 6.07) is 8.16. The molecular weight excluding hydrogens is 238 g/mol. The number of nitrogens with zero attached hydrogens (tertiary/aromatic N) is 2. The van der Waals surface area contributed by atoms with E-state index in [4.69, 9.17) is 15.5 Å². The van der Waals surface area contributed by atoms with Crippen LogP contribution in [0.15, 0.2) is 24.3 Å². The average molecular weight is 257 g/mol. The molecule has 0 atom stereocenters. The molecule has 0 saturated carbocycles. The van der Waals surface area contributed by atoms with Gasteiger partial charge in [-0.15, -0.1) is 0 Å². The smallest absolute Gasteiger partial charge is 0.123 e. The van der Waals surface area contributed by atoms with Gasteiger partial charge in [0.2, 0.25) is 0 Å². The van der Waals surface area contributed by atoms with Gasteiger partial charge in [-0.1, -0.05) is 0 Å². The number of aromatic nitrogens is 2. The van der Waals surface area contributed by atoms with Crippen LogP contribution in [0.3, 0.4) is 0 Å². The van der Waals surface area contributed by atoms with E-state index in [1.807, 2.05) is 19.1 Å². The number of benzene rings is 1. The molecule has 1 aromatic carbocycles. The molecule has 1 aliphatic rings. The molecular formula is C15H19N3O. The second-order valence-electron chi connectivity index (χ2n) is 4.74. The first-order valence-electron chi connectivity index (χ1n) is 6.85. The van der Waals surface area contributed by atoms with Crippen LogP contribution in [-0.4, -0.2) is 16.2 Å². The topological polar surface area (TPSA) is 53.1 Å². The van der Waals surface area contributed by atoms with Crippen molar-refractivity contribution in [3.63, 3.8) is 0 Å². The van der Waals surface area contributed by atoms with Gasteiger partial charge in [-0.2, -0.15) is 0 Å². The summed E-state index contributed by atoms with van der Waals surface area (Å²) >= 11 is 0. The highest BCUT2D eigenvalue weighted by Crippen LogP contribution is 2.30. The zero-order chi connectivity index (χ0) is 13.2. The molecule has 0 unspecified atom stereocenters. The standard InChI is InChI=1S/C15H19N3O/c1-2-19-12-7-5-11(6-8-12)15-13-4-3-9-18(13)14(10-16)17-15/h5-8H,2-4,9-10,16H2,1H3. The molecule has 0 spiro atoms. The normalized spacial score (nSPS) is 13.6. The van der Waals surface area contributed by atoms with Crippen molar-refractivity contribution in [1.29, 1.82) is 0 Å². The van der Waals surface area contributed by atoms with Gasteiger partial charge >= 0.3 is 0 Å². The van der Waals surface area contributed by atoms with Gasteiger partial charge in [0.15, 0.2) is 0 Å². The van der Waals surface area contributed by atoms with Crippen molar-refractivity contribution in [2.75, 3.05) is 6.61 Å². The third kappa shape index (κ3) is 2.12. The summed E-state index contributed by atoms with van der Waals surface area (Å²) in [6.07, 6.45) is 2.28. The number of imidazole rings is 1. The molecule has 4 heteroatoms. The monoisotopic (exact) mass is 257 g/mol. The second-order valence-corrected chi connectivity index (χ2v) is 4.74. The van der Waals surface area contributed by atoms with Gasteiger partial charge in [-0.3, -0.25) is 0 Å². The molecule has 0 amide bonds. The SMILES string of the molecule is CCOc1ccc(-c2nc(CN)n3c2CCC3)cc1. The lowest BCUT2D eigenvalue weighted by atomic mass is 10.1. The molecule has 2 aromatic rings. The summed E-state index contributed by atoms with van der Waals surface area (Å²) in [5, 5.41) is 0. The lowest BCUT2D eigenvalue weighted by molar-refractivity contribution is 0.340. The van der Waals surface area contributed by atoms with E-state index >= 15 is 0 Å². The Kier molecular flexibility index (Phi) is 3.25. The summed E-state index contributed by atoms with van der Waals surface area (Å²) in [4.78, 5) is 4.69. The zero-order valence-corrected chi connectivity index (χ0v) is 11.2. The number of hydrogen-bond donors (Lipinski definition) is 1. The van der Waals surface area contributed by atoms with Crippen molar-refractivity contribution >= 4 is 0 Å². The van der Waals surface area contributed by atoms with Crippen LogP contribution >= 0.6 is 0 Å². The van der Waals surface area contributed by atoms with E-state index in [1.54, 1.807) is 0 Å². The highest BCUT2D eigenvalue weighted by atomic mass is 16.5. The van der Waals surface area contributed by atoms with E-state index in [0.717, 1.165) is 35.8 Å². The van der Waals surface area contributed by atoms with E-state index in [2.05, 4.69) is 16.7 Å². The lowest BCUT2D eigenvalue weighted by Gasteiger charge is -2.04. The van der Waals surface area contributed by atoms with Crippen LogP contribution in [0.25, 0.3) is 11.3 Å². The van der Waals surface area contributed by atoms with Crippen LogP contribution in [-0.2, 0) is 19.5 Å². The van der Waals surface area contributed by atoms with Crippen LogP contribution in [0.1, 0.15) is 24.9 Å². The Morgan fingerprint density at radius 1 is 1.32 bits per heavy atom. The summed E-state index contributed by atoms with van der Waals surface area (Å²) < 4.78 is 7.74. The van der Waals surface area contributed by atoms with E-state index in [9.17, 15) is 0 Å². The highest BCUT2D eigenvalue weighted by molar-refractivity contribution is 5.64. The van der Waals surface area contributed by atoms with Gasteiger partial charge in [-0.05, 0) is 44.0 Å². The van der Waals surface area contributed by atoms with Gasteiger partial charge in [0, 0.05) is 17.8 Å². The van der Waals surface area contributed by atoms with Crippen LogP contribution in [0.2, 0.25) is 0 Å². The molecule has 0 fully saturated rings. The molecule has 2 heterocycles. The largest absolute Gasteiger partial charge is 0.494 e. The lowest BCUT2D eigenvalue weighted by Crippen LogP contribution is -2.06. The van der Waals surface area contributed by atoms with Crippen molar-refractivity contribution in [1.82, 2.24) is 9.55 Å². The van der Waals surface area contributed by atoms with Gasteiger partial charge < -0.3 is 15.0 Å². The first-order valence-corrected chi connectivity index (χ1v) is 6.85. The van der Waals surface area contributed by atoms with E-state index in [0.29, 0.717) is 13.2 Å². The van der Waals surface area contributed by atoms with Gasteiger partial charge in [0.25, 0.3) is 0 Å². The van der Waals surface area contributed by atoms with Crippen molar-refractivity contribution in [3.05, 3.63) is 35.8 Å². The van der Waals surface area contributed by atoms with Crippen molar-refractivity contribution in [3.8, 4) is 17.0 Å². The predicted octanol–water partition coefficient (Wildman–Crippen LogP) is 2.35. The van der Waals surface area contributed by atoms with Gasteiger partial charge in [0.05, 0.1) is 18.8 Å². The molecule has 3 rings (SSSR count). The summed E-state index contributed by atoms with van der Waals surface area (Å²) in [5.41, 5.74) is 9.33. The Bertz CT molecular complexity index is 572. The third-order valence-electron chi connectivity index (χ3n) is 3.57. The van der Waals surface area contributed by atoms with Crippen LogP contribution in [0, 0.1) is 0 Å². The van der Waals surface area contributed by atoms with Gasteiger partial charge in [0.1, 0.15) is 11.6 Å². The van der Waals surface area contributed by atoms with Crippen molar-refractivity contribution < 1.29 is 4.74 Å². The van der Waals surface area contributed by atoms with Crippen molar-refractivity contribution in [2.24, 2.45) is 5.73 Å². The number of nitrogens with two attached hydrogens (primary N) is 1. The Hall–Kier alpha value is -1.81. The van der Waals surface area contributed by atoms with Crippen LogP contribution in [0.5, 0.6) is 5.75 Å². The summed E-state index contributed by atoms with van der Waals surface area (Å²) in [6.45, 7) is 4.23. The maximum Gasteiger partial charge on any atom is 0.123 e. The molecule has 19 heavy (non-hydrogen) atoms. The maximum absolute atomic E-state index is 5.77. The van der Waals surface area contributed by atoms with Crippen molar-refractivity contribution in [2.45, 2.75) is 32.9 Å². The number of fused-ring (bicyclic) bond motifs is 1. The number of hydrogen-bond acceptors (Lipinski definition) is 3. The molecule has 0 radical (unpaired) electrons. The molecule has 100 valence electrons. The Morgan fingerprint density at radius 2 is 2.11 bits per heavy atom. The Labute approximate surface area is 113 Å². The summed E-state index contributed by atoms with van der Waals surface area (Å²) in [7, 11) is 0. The minimum atomic E-state index is 0.504. The van der Waals surface area contributed by atoms with E-state index in [-0.39, 0.29) is 0 Å². The predicted molar refractivity (Wildman–Crippen MR) is 75.0 cm³/mol. The highest BCUT2D eigenvalue weighted by Gasteiger charge is 2.21. The van der Waals surface area contributed by atoms with Gasteiger partial charge in [-0.25, -0.2) is 4.98 Å². The maximum atomic E-state index is 5.77. The molecule has 0 bridgehead atoms. The third-order valence-corrected chi connectivity index (χ3v) is 3.57. The average Bonchev–Trinajstić information content (AvgIpc) is 3.02. The molecule has 1 aliphatic heterocycles. The first-order chi connectivity index (χ1) is 9.33. The van der Waals surface area contributed by atoms with E-state index < -0.39 is 0 Å². The zero-order valence-electron chi connectivity index (χ0n) is 11.2. The summed E-state index contributed by atoms with van der Waals surface area (Å²) in [5.74, 6) is 1.90. The molecule has 4 nitrogen and oxygen atoms in total. The van der Waals surface area contributed by atoms with E-state index in [1.165, 1.54) is 12.1 Å². The minimum Gasteiger partial charge on any atom is -0.494 e. The molecule has 2 N–H and O–H groups in total. The van der Waals surface area contributed by atoms with Crippen LogP contribution < -0.4 is 10.5 Å². The second kappa shape index (κ2) is 5.05. The number of rotatable bonds is 4. The first kappa shape index (κ1) is 12.2. The number of ether oxygens (including phenoxy) is 1. The molecule has 0 saturated heterocycles. The Morgan fingerprint density at radius 3 is 2.79 bits per heavy atom. The fourth-order valence-corrected chi connectivity index (χ4v) is 2.72. The molecule has 0 aliphatic carbocycles. The minimum absolute atomic E-state index is 0.504. The fourth-order valence-electron chi connectivity index (χ4n) is 2.72. The fraction of sp³-hybridized carbons (Fsp3) is 0.400. The molecule has 1 aromatic heterocycles. The van der Waals surface area contributed by atoms with Crippen LogP contribution in [0.4, 0.5) is 0 Å². The Balaban J connectivity index is 1.98. The quantitative estimate of drug-likeness (QED) is 0.914.